The Morgan fingerprint density at radius 1 is 0.979 bits per heavy atom. The number of hydrogen-bond acceptors (Lipinski definition) is 8. The van der Waals surface area contributed by atoms with Gasteiger partial charge in [-0.3, -0.25) is 24.4 Å². The number of sulfonamides is 1. The second-order valence-electron chi connectivity index (χ2n) is 10.5. The summed E-state index contributed by atoms with van der Waals surface area (Å²) in [5.41, 5.74) is 5.09. The Kier molecular flexibility index (Phi) is 9.10. The Morgan fingerprint density at radius 3 is 2.30 bits per heavy atom. The number of para-hydroxylation sites is 1. The van der Waals surface area contributed by atoms with Gasteiger partial charge in [-0.2, -0.15) is 10.4 Å². The number of hydrazone groups is 1. The number of carbonyl (C=O) groups is 1. The van der Waals surface area contributed by atoms with Crippen molar-refractivity contribution in [2.45, 2.75) is 25.7 Å². The van der Waals surface area contributed by atoms with Crippen molar-refractivity contribution in [1.29, 1.82) is 5.26 Å². The highest BCUT2D eigenvalue weighted by Crippen LogP contribution is 2.28. The molecule has 0 spiro atoms. The monoisotopic (exact) mass is 671 g/mol. The molecule has 5 rings (SSSR count). The number of ketones is 1. The first-order valence-corrected chi connectivity index (χ1v) is 16.0. The van der Waals surface area contributed by atoms with E-state index in [1.807, 2.05) is 37.3 Å². The first-order chi connectivity index (χ1) is 22.4. The zero-order valence-electron chi connectivity index (χ0n) is 26.1. The highest BCUT2D eigenvalue weighted by molar-refractivity contribution is 7.92. The van der Waals surface area contributed by atoms with Gasteiger partial charge in [-0.05, 0) is 81.4 Å². The highest BCUT2D eigenvalue weighted by Gasteiger charge is 2.26. The van der Waals surface area contributed by atoms with Crippen LogP contribution in [0.1, 0.15) is 27.4 Å². The van der Waals surface area contributed by atoms with Crippen molar-refractivity contribution in [2.75, 3.05) is 17.3 Å². The molecule has 240 valence electrons. The molecule has 0 saturated carbocycles. The third kappa shape index (κ3) is 6.29. The molecule has 2 aromatic heterocycles. The number of Topliss-reactive ketones (excluding diaryl/α,β-unsaturated/α-hetero) is 1. The van der Waals surface area contributed by atoms with Gasteiger partial charge in [0.1, 0.15) is 17.5 Å². The van der Waals surface area contributed by atoms with E-state index in [2.05, 4.69) is 15.2 Å². The second-order valence-corrected chi connectivity index (χ2v) is 12.6. The number of benzene rings is 3. The number of carbonyl (C=O) groups excluding carboxylic acids is 1. The fraction of sp³-hybridized carbons (Fsp3) is 0.152. The summed E-state index contributed by atoms with van der Waals surface area (Å²) < 4.78 is 38.7. The van der Waals surface area contributed by atoms with E-state index >= 15 is 0 Å². The standard InChI is InChI=1S/C33H30ClN7O5S/c1-20-17-27(21(2)40(20)31-22(3)39(4)41(33(31)43)24-9-7-6-8-10-24)32(42)30(19-35)37-36-29-18-26(15-16-28(29)34)47(44,45)38-23-11-13-25(46-5)14-12-23/h6-18,36,38H,1-5H3/b37-30+. The van der Waals surface area contributed by atoms with Crippen molar-refractivity contribution in [3.05, 3.63) is 117 Å². The molecular formula is C33H30ClN7O5S. The number of ether oxygens (including phenoxy) is 1. The molecule has 0 aliphatic rings. The van der Waals surface area contributed by atoms with E-state index in [1.54, 1.807) is 71.2 Å². The van der Waals surface area contributed by atoms with Crippen LogP contribution in [-0.2, 0) is 17.1 Å². The largest absolute Gasteiger partial charge is 0.497 e. The van der Waals surface area contributed by atoms with E-state index in [0.29, 0.717) is 39.9 Å². The van der Waals surface area contributed by atoms with Gasteiger partial charge in [0.05, 0.1) is 34.1 Å². The Morgan fingerprint density at radius 2 is 1.66 bits per heavy atom. The number of nitrogens with zero attached hydrogens (tertiary/aromatic N) is 5. The van der Waals surface area contributed by atoms with Gasteiger partial charge in [-0.25, -0.2) is 13.1 Å². The number of aryl methyl sites for hydroxylation is 1. The molecule has 0 atom stereocenters. The lowest BCUT2D eigenvalue weighted by Gasteiger charge is -2.11. The number of nitrogens with one attached hydrogen (secondary N) is 2. The van der Waals surface area contributed by atoms with Gasteiger partial charge in [0.2, 0.25) is 11.5 Å². The minimum Gasteiger partial charge on any atom is -0.497 e. The molecule has 47 heavy (non-hydrogen) atoms. The van der Waals surface area contributed by atoms with Crippen LogP contribution in [0.3, 0.4) is 0 Å². The van der Waals surface area contributed by atoms with Crippen molar-refractivity contribution >= 4 is 44.5 Å². The van der Waals surface area contributed by atoms with Gasteiger partial charge in [-0.1, -0.05) is 29.8 Å². The molecule has 0 saturated heterocycles. The van der Waals surface area contributed by atoms with Crippen molar-refractivity contribution in [3.63, 3.8) is 0 Å². The summed E-state index contributed by atoms with van der Waals surface area (Å²) in [6, 6.07) is 22.8. The summed E-state index contributed by atoms with van der Waals surface area (Å²) in [7, 11) is -0.757. The molecule has 2 heterocycles. The fourth-order valence-electron chi connectivity index (χ4n) is 5.15. The second kappa shape index (κ2) is 13.0. The lowest BCUT2D eigenvalue weighted by Crippen LogP contribution is -2.22. The third-order valence-electron chi connectivity index (χ3n) is 7.62. The quantitative estimate of drug-likeness (QED) is 0.112. The van der Waals surface area contributed by atoms with Crippen molar-refractivity contribution < 1.29 is 17.9 Å². The molecule has 0 radical (unpaired) electrons. The normalized spacial score (nSPS) is 11.6. The van der Waals surface area contributed by atoms with Crippen LogP contribution in [0, 0.1) is 32.1 Å². The van der Waals surface area contributed by atoms with Crippen LogP contribution in [-0.4, -0.2) is 41.0 Å². The number of halogens is 1. The van der Waals surface area contributed by atoms with E-state index < -0.39 is 21.5 Å². The Balaban J connectivity index is 1.44. The first-order valence-electron chi connectivity index (χ1n) is 14.2. The van der Waals surface area contributed by atoms with Crippen LogP contribution in [0.15, 0.2) is 93.7 Å². The molecule has 0 aliphatic heterocycles. The molecule has 0 fully saturated rings. The zero-order valence-corrected chi connectivity index (χ0v) is 27.6. The Bertz CT molecular complexity index is 2250. The maximum Gasteiger partial charge on any atom is 0.295 e. The molecule has 0 unspecified atom stereocenters. The molecule has 14 heteroatoms. The van der Waals surface area contributed by atoms with E-state index in [4.69, 9.17) is 16.3 Å². The minimum atomic E-state index is -4.04. The fourth-order valence-corrected chi connectivity index (χ4v) is 6.39. The van der Waals surface area contributed by atoms with Gasteiger partial charge in [-0.15, -0.1) is 0 Å². The van der Waals surface area contributed by atoms with Gasteiger partial charge in [0, 0.05) is 29.7 Å². The summed E-state index contributed by atoms with van der Waals surface area (Å²) >= 11 is 6.30. The van der Waals surface area contributed by atoms with Crippen LogP contribution in [0.25, 0.3) is 11.4 Å². The highest BCUT2D eigenvalue weighted by atomic mass is 35.5. The summed E-state index contributed by atoms with van der Waals surface area (Å²) in [4.78, 5) is 27.1. The summed E-state index contributed by atoms with van der Waals surface area (Å²) in [5.74, 6) is -0.132. The van der Waals surface area contributed by atoms with E-state index in [-0.39, 0.29) is 26.7 Å². The number of aromatic nitrogens is 3. The molecule has 2 N–H and O–H groups in total. The number of nitriles is 1. The van der Waals surface area contributed by atoms with Crippen molar-refractivity contribution in [3.8, 4) is 23.2 Å². The van der Waals surface area contributed by atoms with Crippen LogP contribution in [0.5, 0.6) is 5.75 Å². The van der Waals surface area contributed by atoms with Crippen molar-refractivity contribution in [1.82, 2.24) is 13.9 Å². The summed E-state index contributed by atoms with van der Waals surface area (Å²) in [5, 5.41) is 14.0. The molecule has 5 aromatic rings. The van der Waals surface area contributed by atoms with Gasteiger partial charge in [0.25, 0.3) is 15.6 Å². The predicted molar refractivity (Wildman–Crippen MR) is 181 cm³/mol. The number of anilines is 2. The summed E-state index contributed by atoms with van der Waals surface area (Å²) in [6.07, 6.45) is 0. The Labute approximate surface area is 276 Å². The van der Waals surface area contributed by atoms with Crippen molar-refractivity contribution in [2.24, 2.45) is 12.1 Å². The predicted octanol–water partition coefficient (Wildman–Crippen LogP) is 5.53. The lowest BCUT2D eigenvalue weighted by atomic mass is 10.1. The average Bonchev–Trinajstić information content (AvgIpc) is 3.47. The van der Waals surface area contributed by atoms with Crippen LogP contribution in [0.4, 0.5) is 11.4 Å². The Hall–Kier alpha value is -5.58. The molecule has 12 nitrogen and oxygen atoms in total. The van der Waals surface area contributed by atoms with E-state index in [9.17, 15) is 23.3 Å². The van der Waals surface area contributed by atoms with Gasteiger partial charge < -0.3 is 9.30 Å². The molecule has 0 bridgehead atoms. The zero-order chi connectivity index (χ0) is 34.0. The maximum absolute atomic E-state index is 13.7. The van der Waals surface area contributed by atoms with Crippen LogP contribution >= 0.6 is 11.6 Å². The smallest absolute Gasteiger partial charge is 0.295 e. The lowest BCUT2D eigenvalue weighted by molar-refractivity contribution is 0.106. The SMILES string of the molecule is COc1ccc(NS(=O)(=O)c2ccc(Cl)c(N/N=C(\C#N)C(=O)c3cc(C)n(-c4c(C)n(C)n(-c5ccccc5)c4=O)c3C)c2)cc1. The number of methoxy groups -OCH3 is 1. The van der Waals surface area contributed by atoms with Crippen LogP contribution in [0.2, 0.25) is 5.02 Å². The number of hydrogen-bond donors (Lipinski definition) is 2. The average molecular weight is 672 g/mol. The third-order valence-corrected chi connectivity index (χ3v) is 9.33. The molecular weight excluding hydrogens is 642 g/mol. The number of rotatable bonds is 10. The molecule has 0 aliphatic carbocycles. The van der Waals surface area contributed by atoms with E-state index in [0.717, 1.165) is 0 Å². The van der Waals surface area contributed by atoms with E-state index in [1.165, 1.54) is 25.3 Å². The maximum atomic E-state index is 13.7. The summed E-state index contributed by atoms with van der Waals surface area (Å²) in [6.45, 7) is 5.26. The van der Waals surface area contributed by atoms with Gasteiger partial charge in [0.15, 0.2) is 0 Å². The first kappa shape index (κ1) is 32.8. The molecule has 3 aromatic carbocycles. The molecule has 0 amide bonds. The van der Waals surface area contributed by atoms with Gasteiger partial charge >= 0.3 is 0 Å². The minimum absolute atomic E-state index is 0.0525. The van der Waals surface area contributed by atoms with Crippen LogP contribution < -0.4 is 20.4 Å². The topological polar surface area (TPSA) is 153 Å².